The summed E-state index contributed by atoms with van der Waals surface area (Å²) in [4.78, 5) is 17.0. The molecule has 0 aliphatic carbocycles. The van der Waals surface area contributed by atoms with E-state index in [4.69, 9.17) is 11.6 Å². The third-order valence-electron chi connectivity index (χ3n) is 5.31. The number of halogens is 1. The van der Waals surface area contributed by atoms with Gasteiger partial charge in [0.05, 0.1) is 11.3 Å². The van der Waals surface area contributed by atoms with E-state index in [0.29, 0.717) is 5.02 Å². The van der Waals surface area contributed by atoms with Gasteiger partial charge in [0.2, 0.25) is 0 Å². The van der Waals surface area contributed by atoms with Gasteiger partial charge in [-0.15, -0.1) is 0 Å². The molecule has 2 heterocycles. The summed E-state index contributed by atoms with van der Waals surface area (Å²) in [5.74, 6) is -0.0563. The van der Waals surface area contributed by atoms with Gasteiger partial charge in [0, 0.05) is 48.7 Å². The number of carbonyl (C=O) groups is 1. The Labute approximate surface area is 159 Å². The highest BCUT2D eigenvalue weighted by Crippen LogP contribution is 2.34. The number of nitrogens with zero attached hydrogens (tertiary/aromatic N) is 2. The number of piperazine rings is 1. The van der Waals surface area contributed by atoms with Gasteiger partial charge in [-0.3, -0.25) is 4.79 Å². The Kier molecular flexibility index (Phi) is 4.37. The van der Waals surface area contributed by atoms with Crippen LogP contribution in [0.25, 0.3) is 5.57 Å². The summed E-state index contributed by atoms with van der Waals surface area (Å²) in [5, 5.41) is 3.53. The Morgan fingerprint density at radius 3 is 2.62 bits per heavy atom. The number of rotatable bonds is 2. The number of hydrogen-bond acceptors (Lipinski definition) is 3. The van der Waals surface area contributed by atoms with Gasteiger partial charge in [-0.1, -0.05) is 29.8 Å². The lowest BCUT2D eigenvalue weighted by Crippen LogP contribution is -2.44. The van der Waals surface area contributed by atoms with Gasteiger partial charge in [0.15, 0.2) is 0 Å². The number of fused-ring (bicyclic) bond motifs is 1. The first-order chi connectivity index (χ1) is 12.5. The molecule has 0 unspecified atom stereocenters. The van der Waals surface area contributed by atoms with Crippen molar-refractivity contribution in [3.05, 3.63) is 64.3 Å². The van der Waals surface area contributed by atoms with Crippen LogP contribution in [0.2, 0.25) is 5.02 Å². The zero-order valence-electron chi connectivity index (χ0n) is 15.1. The Balaban J connectivity index is 1.50. The third-order valence-corrected chi connectivity index (χ3v) is 5.54. The predicted molar refractivity (Wildman–Crippen MR) is 108 cm³/mol. The molecular formula is C21H22ClN3O. The van der Waals surface area contributed by atoms with Crippen LogP contribution < -0.4 is 10.2 Å². The fourth-order valence-corrected chi connectivity index (χ4v) is 3.82. The SMILES string of the molecule is Cc1cccc(N2CCN(/C=C3/C(=O)Nc4cc(Cl)ccc43)CC2)c1C. The van der Waals surface area contributed by atoms with Crippen molar-refractivity contribution in [3.8, 4) is 0 Å². The second-order valence-corrected chi connectivity index (χ2v) is 7.37. The van der Waals surface area contributed by atoms with Crippen LogP contribution in [0.15, 0.2) is 42.6 Å². The molecule has 1 saturated heterocycles. The van der Waals surface area contributed by atoms with Crippen molar-refractivity contribution in [1.29, 1.82) is 0 Å². The lowest BCUT2D eigenvalue weighted by molar-refractivity contribution is -0.110. The third kappa shape index (κ3) is 3.06. The average Bonchev–Trinajstić information content (AvgIpc) is 2.93. The topological polar surface area (TPSA) is 35.6 Å². The molecule has 0 bridgehead atoms. The number of carbonyl (C=O) groups excluding carboxylic acids is 1. The Hall–Kier alpha value is -2.46. The molecular weight excluding hydrogens is 346 g/mol. The lowest BCUT2D eigenvalue weighted by atomic mass is 10.1. The maximum atomic E-state index is 12.3. The van der Waals surface area contributed by atoms with Crippen molar-refractivity contribution in [2.45, 2.75) is 13.8 Å². The van der Waals surface area contributed by atoms with E-state index in [1.54, 1.807) is 6.07 Å². The zero-order valence-corrected chi connectivity index (χ0v) is 15.8. The highest BCUT2D eigenvalue weighted by molar-refractivity contribution is 6.34. The normalized spacial score (nSPS) is 18.3. The Bertz CT molecular complexity index is 898. The first kappa shape index (κ1) is 17.0. The van der Waals surface area contributed by atoms with Crippen LogP contribution in [-0.2, 0) is 4.79 Å². The van der Waals surface area contributed by atoms with Crippen LogP contribution in [0.4, 0.5) is 11.4 Å². The van der Waals surface area contributed by atoms with Crippen LogP contribution in [0, 0.1) is 13.8 Å². The molecule has 4 rings (SSSR count). The summed E-state index contributed by atoms with van der Waals surface area (Å²) < 4.78 is 0. The second-order valence-electron chi connectivity index (χ2n) is 6.93. The van der Waals surface area contributed by atoms with Gasteiger partial charge < -0.3 is 15.1 Å². The molecule has 0 spiro atoms. The Morgan fingerprint density at radius 2 is 1.85 bits per heavy atom. The van der Waals surface area contributed by atoms with Crippen molar-refractivity contribution in [3.63, 3.8) is 0 Å². The molecule has 26 heavy (non-hydrogen) atoms. The largest absolute Gasteiger partial charge is 0.373 e. The van der Waals surface area contributed by atoms with E-state index in [1.807, 2.05) is 18.3 Å². The molecule has 2 aromatic carbocycles. The van der Waals surface area contributed by atoms with E-state index >= 15 is 0 Å². The fraction of sp³-hybridized carbons (Fsp3) is 0.286. The molecule has 0 atom stereocenters. The van der Waals surface area contributed by atoms with E-state index in [2.05, 4.69) is 47.2 Å². The highest BCUT2D eigenvalue weighted by atomic mass is 35.5. The van der Waals surface area contributed by atoms with E-state index in [0.717, 1.165) is 43.0 Å². The highest BCUT2D eigenvalue weighted by Gasteiger charge is 2.26. The summed E-state index contributed by atoms with van der Waals surface area (Å²) in [6, 6.07) is 12.0. The quantitative estimate of drug-likeness (QED) is 0.812. The summed E-state index contributed by atoms with van der Waals surface area (Å²) >= 11 is 6.02. The molecule has 5 heteroatoms. The monoisotopic (exact) mass is 367 g/mol. The van der Waals surface area contributed by atoms with E-state index < -0.39 is 0 Å². The van der Waals surface area contributed by atoms with Crippen molar-refractivity contribution >= 4 is 34.5 Å². The molecule has 4 nitrogen and oxygen atoms in total. The fourth-order valence-electron chi connectivity index (χ4n) is 3.65. The molecule has 0 radical (unpaired) electrons. The molecule has 1 fully saturated rings. The van der Waals surface area contributed by atoms with Crippen LogP contribution in [0.1, 0.15) is 16.7 Å². The van der Waals surface area contributed by atoms with Crippen molar-refractivity contribution in [1.82, 2.24) is 4.90 Å². The summed E-state index contributed by atoms with van der Waals surface area (Å²) in [6.07, 6.45) is 2.00. The maximum Gasteiger partial charge on any atom is 0.257 e. The number of nitrogens with one attached hydrogen (secondary N) is 1. The minimum Gasteiger partial charge on any atom is -0.373 e. The standard InChI is InChI=1S/C21H22ClN3O/c1-14-4-3-5-20(15(14)2)25-10-8-24(9-11-25)13-18-17-7-6-16(22)12-19(17)23-21(18)26/h3-7,12-13H,8-11H2,1-2H3,(H,23,26)/b18-13+. The minimum absolute atomic E-state index is 0.0563. The second kappa shape index (κ2) is 6.69. The number of anilines is 2. The van der Waals surface area contributed by atoms with Crippen LogP contribution in [0.3, 0.4) is 0 Å². The molecule has 0 saturated carbocycles. The van der Waals surface area contributed by atoms with Crippen molar-refractivity contribution in [2.75, 3.05) is 36.4 Å². The van der Waals surface area contributed by atoms with E-state index in [-0.39, 0.29) is 5.91 Å². The molecule has 2 aliphatic rings. The number of amides is 1. The van der Waals surface area contributed by atoms with Gasteiger partial charge in [-0.05, 0) is 43.2 Å². The maximum absolute atomic E-state index is 12.3. The first-order valence-corrected chi connectivity index (χ1v) is 9.29. The molecule has 1 N–H and O–H groups in total. The summed E-state index contributed by atoms with van der Waals surface area (Å²) in [6.45, 7) is 8.03. The number of benzene rings is 2. The summed E-state index contributed by atoms with van der Waals surface area (Å²) in [5.41, 5.74) is 6.43. The van der Waals surface area contributed by atoms with Gasteiger partial charge in [-0.2, -0.15) is 0 Å². The van der Waals surface area contributed by atoms with Crippen LogP contribution >= 0.6 is 11.6 Å². The van der Waals surface area contributed by atoms with Gasteiger partial charge in [0.25, 0.3) is 5.91 Å². The van der Waals surface area contributed by atoms with Crippen molar-refractivity contribution < 1.29 is 4.79 Å². The average molecular weight is 368 g/mol. The van der Waals surface area contributed by atoms with Crippen LogP contribution in [0.5, 0.6) is 0 Å². The van der Waals surface area contributed by atoms with E-state index in [9.17, 15) is 4.79 Å². The molecule has 0 aromatic heterocycles. The Morgan fingerprint density at radius 1 is 1.08 bits per heavy atom. The summed E-state index contributed by atoms with van der Waals surface area (Å²) in [7, 11) is 0. The molecule has 2 aromatic rings. The minimum atomic E-state index is -0.0563. The predicted octanol–water partition coefficient (Wildman–Crippen LogP) is 4.07. The molecule has 1 amide bonds. The number of aryl methyl sites for hydroxylation is 1. The lowest BCUT2D eigenvalue weighted by Gasteiger charge is -2.36. The smallest absolute Gasteiger partial charge is 0.257 e. The molecule has 2 aliphatic heterocycles. The van der Waals surface area contributed by atoms with Gasteiger partial charge in [0.1, 0.15) is 0 Å². The molecule has 134 valence electrons. The first-order valence-electron chi connectivity index (χ1n) is 8.91. The number of hydrogen-bond donors (Lipinski definition) is 1. The van der Waals surface area contributed by atoms with Gasteiger partial charge in [-0.25, -0.2) is 0 Å². The van der Waals surface area contributed by atoms with Crippen molar-refractivity contribution in [2.24, 2.45) is 0 Å². The van der Waals surface area contributed by atoms with E-state index in [1.165, 1.54) is 16.8 Å². The van der Waals surface area contributed by atoms with Gasteiger partial charge >= 0.3 is 0 Å². The zero-order chi connectivity index (χ0) is 18.3. The van der Waals surface area contributed by atoms with Crippen LogP contribution in [-0.4, -0.2) is 37.0 Å².